The van der Waals surface area contributed by atoms with Gasteiger partial charge in [0.05, 0.1) is 12.3 Å². The van der Waals surface area contributed by atoms with Gasteiger partial charge in [-0.25, -0.2) is 15.0 Å². The number of aromatic nitrogens is 3. The van der Waals surface area contributed by atoms with Crippen LogP contribution in [0.3, 0.4) is 0 Å². The number of benzene rings is 1. The molecule has 0 saturated carbocycles. The summed E-state index contributed by atoms with van der Waals surface area (Å²) in [5.74, 6) is 0.342. The topological polar surface area (TPSA) is 81.4 Å². The van der Waals surface area contributed by atoms with Crippen molar-refractivity contribution in [1.82, 2.24) is 19.9 Å². The number of nitrogens with zero attached hydrogens (tertiary/aromatic N) is 4. The number of hydrogen-bond acceptors (Lipinski definition) is 7. The molecule has 0 bridgehead atoms. The summed E-state index contributed by atoms with van der Waals surface area (Å²) < 4.78 is 11.5. The zero-order valence-corrected chi connectivity index (χ0v) is 16.0. The molecule has 1 atom stereocenters. The number of hydrogen-bond donors (Lipinski definition) is 0. The van der Waals surface area contributed by atoms with Gasteiger partial charge in [-0.3, -0.25) is 4.79 Å². The van der Waals surface area contributed by atoms with Crippen LogP contribution in [0.1, 0.15) is 17.8 Å². The fourth-order valence-electron chi connectivity index (χ4n) is 3.07. The molecule has 2 aromatic heterocycles. The molecule has 1 aliphatic rings. The van der Waals surface area contributed by atoms with Crippen molar-refractivity contribution in [2.24, 2.45) is 0 Å². The molecule has 8 heteroatoms. The first-order valence-electron chi connectivity index (χ1n) is 8.82. The predicted octanol–water partition coefficient (Wildman–Crippen LogP) is 3.01. The van der Waals surface area contributed by atoms with Crippen LogP contribution in [0.5, 0.6) is 6.01 Å². The highest BCUT2D eigenvalue weighted by Gasteiger charge is 2.28. The second-order valence-corrected chi connectivity index (χ2v) is 7.46. The number of oxazole rings is 1. The lowest BCUT2D eigenvalue weighted by Crippen LogP contribution is -2.32. The van der Waals surface area contributed by atoms with Gasteiger partial charge in [0, 0.05) is 24.4 Å². The molecule has 3 aromatic rings. The standard InChI is InChI=1S/C19H20N4O3S/c1-12-9-13(2)21-18(20-12)25-14-7-8-23(10-14)17(24)11-27-19-22-15-5-3-4-6-16(15)26-19/h3-6,9,14H,7-8,10-11H2,1-2H3/t14-/m1/s1. The van der Waals surface area contributed by atoms with Crippen molar-refractivity contribution < 1.29 is 13.9 Å². The van der Waals surface area contributed by atoms with Crippen LogP contribution in [-0.2, 0) is 4.79 Å². The summed E-state index contributed by atoms with van der Waals surface area (Å²) in [5, 5.41) is 0.514. The van der Waals surface area contributed by atoms with Crippen molar-refractivity contribution in [2.45, 2.75) is 31.6 Å². The number of para-hydroxylation sites is 2. The molecule has 1 aliphatic heterocycles. The first-order valence-corrected chi connectivity index (χ1v) is 9.80. The number of ether oxygens (including phenoxy) is 1. The number of carbonyl (C=O) groups is 1. The molecule has 1 amide bonds. The van der Waals surface area contributed by atoms with Crippen molar-refractivity contribution >= 4 is 28.8 Å². The maximum Gasteiger partial charge on any atom is 0.317 e. The van der Waals surface area contributed by atoms with E-state index in [9.17, 15) is 4.79 Å². The molecule has 0 unspecified atom stereocenters. The first-order chi connectivity index (χ1) is 13.1. The van der Waals surface area contributed by atoms with Crippen LogP contribution >= 0.6 is 11.8 Å². The van der Waals surface area contributed by atoms with Crippen molar-refractivity contribution in [1.29, 1.82) is 0 Å². The van der Waals surface area contributed by atoms with Gasteiger partial charge in [0.15, 0.2) is 5.58 Å². The molecule has 1 aromatic carbocycles. The second-order valence-electron chi connectivity index (χ2n) is 6.54. The monoisotopic (exact) mass is 384 g/mol. The molecule has 27 heavy (non-hydrogen) atoms. The highest BCUT2D eigenvalue weighted by atomic mass is 32.2. The fraction of sp³-hybridized carbons (Fsp3) is 0.368. The van der Waals surface area contributed by atoms with Crippen molar-refractivity contribution in [3.63, 3.8) is 0 Å². The number of thioether (sulfide) groups is 1. The van der Waals surface area contributed by atoms with Crippen LogP contribution < -0.4 is 4.74 Å². The smallest absolute Gasteiger partial charge is 0.317 e. The average Bonchev–Trinajstić information content (AvgIpc) is 3.25. The average molecular weight is 384 g/mol. The normalized spacial score (nSPS) is 16.8. The molecule has 7 nitrogen and oxygen atoms in total. The summed E-state index contributed by atoms with van der Waals surface area (Å²) in [7, 11) is 0. The van der Waals surface area contributed by atoms with Gasteiger partial charge in [-0.05, 0) is 32.0 Å². The SMILES string of the molecule is Cc1cc(C)nc(O[C@@H]2CCN(C(=O)CSc3nc4ccccc4o3)C2)n1. The van der Waals surface area contributed by atoms with Crippen LogP contribution in [0, 0.1) is 13.8 Å². The van der Waals surface area contributed by atoms with E-state index in [1.807, 2.05) is 49.1 Å². The lowest BCUT2D eigenvalue weighted by molar-refractivity contribution is -0.127. The Kier molecular flexibility index (Phi) is 4.98. The Labute approximate surface area is 161 Å². The van der Waals surface area contributed by atoms with Gasteiger partial charge in [0.1, 0.15) is 11.6 Å². The summed E-state index contributed by atoms with van der Waals surface area (Å²) >= 11 is 1.32. The van der Waals surface area contributed by atoms with Gasteiger partial charge in [-0.15, -0.1) is 0 Å². The Morgan fingerprint density at radius 3 is 2.81 bits per heavy atom. The molecule has 0 radical (unpaired) electrons. The minimum absolute atomic E-state index is 0.0506. The maximum atomic E-state index is 12.5. The highest BCUT2D eigenvalue weighted by molar-refractivity contribution is 7.99. The molecular formula is C19H20N4O3S. The van der Waals surface area contributed by atoms with Gasteiger partial charge >= 0.3 is 6.01 Å². The minimum atomic E-state index is -0.0792. The Morgan fingerprint density at radius 1 is 1.26 bits per heavy atom. The summed E-state index contributed by atoms with van der Waals surface area (Å²) in [6, 6.07) is 9.85. The minimum Gasteiger partial charge on any atom is -0.458 e. The summed E-state index contributed by atoms with van der Waals surface area (Å²) in [4.78, 5) is 27.3. The van der Waals surface area contributed by atoms with E-state index in [1.165, 1.54) is 11.8 Å². The lowest BCUT2D eigenvalue weighted by atomic mass is 10.3. The second kappa shape index (κ2) is 7.56. The van der Waals surface area contributed by atoms with E-state index in [-0.39, 0.29) is 12.0 Å². The van der Waals surface area contributed by atoms with Gasteiger partial charge in [-0.2, -0.15) is 0 Å². The van der Waals surface area contributed by atoms with E-state index in [4.69, 9.17) is 9.15 Å². The van der Waals surface area contributed by atoms with Crippen molar-refractivity contribution in [3.05, 3.63) is 41.7 Å². The van der Waals surface area contributed by atoms with E-state index < -0.39 is 0 Å². The molecule has 140 valence electrons. The Balaban J connectivity index is 1.31. The highest BCUT2D eigenvalue weighted by Crippen LogP contribution is 2.24. The third-order valence-corrected chi connectivity index (χ3v) is 5.14. The predicted molar refractivity (Wildman–Crippen MR) is 102 cm³/mol. The molecule has 0 spiro atoms. The molecule has 1 fully saturated rings. The van der Waals surface area contributed by atoms with E-state index >= 15 is 0 Å². The van der Waals surface area contributed by atoms with Crippen LogP contribution in [0.4, 0.5) is 0 Å². The number of likely N-dealkylation sites (tertiary alicyclic amines) is 1. The first kappa shape index (κ1) is 17.8. The maximum absolute atomic E-state index is 12.5. The van der Waals surface area contributed by atoms with Crippen molar-refractivity contribution in [3.8, 4) is 6.01 Å². The molecule has 0 aliphatic carbocycles. The van der Waals surface area contributed by atoms with Crippen molar-refractivity contribution in [2.75, 3.05) is 18.8 Å². The fourth-order valence-corrected chi connectivity index (χ4v) is 3.81. The molecule has 4 rings (SSSR count). The molecule has 3 heterocycles. The number of amides is 1. The van der Waals surface area contributed by atoms with Gasteiger partial charge in [0.2, 0.25) is 5.91 Å². The van der Waals surface area contributed by atoms with Crippen LogP contribution in [-0.4, -0.2) is 50.7 Å². The number of rotatable bonds is 5. The summed E-state index contributed by atoms with van der Waals surface area (Å²) in [6.07, 6.45) is 0.694. The summed E-state index contributed by atoms with van der Waals surface area (Å²) in [6.45, 7) is 5.04. The number of carbonyl (C=O) groups excluding carboxylic acids is 1. The van der Waals surface area contributed by atoms with Gasteiger partial charge in [0.25, 0.3) is 5.22 Å². The van der Waals surface area contributed by atoms with Crippen LogP contribution in [0.15, 0.2) is 40.0 Å². The number of fused-ring (bicyclic) bond motifs is 1. The van der Waals surface area contributed by atoms with E-state index in [0.717, 1.165) is 28.9 Å². The molecular weight excluding hydrogens is 364 g/mol. The zero-order chi connectivity index (χ0) is 18.8. The van der Waals surface area contributed by atoms with E-state index in [1.54, 1.807) is 0 Å². The van der Waals surface area contributed by atoms with Gasteiger partial charge in [-0.1, -0.05) is 23.9 Å². The molecule has 1 saturated heterocycles. The third-order valence-electron chi connectivity index (χ3n) is 4.32. The van der Waals surface area contributed by atoms with Gasteiger partial charge < -0.3 is 14.1 Å². The Bertz CT molecular complexity index is 921. The summed E-state index contributed by atoms with van der Waals surface area (Å²) in [5.41, 5.74) is 3.28. The Morgan fingerprint density at radius 2 is 2.04 bits per heavy atom. The largest absolute Gasteiger partial charge is 0.458 e. The van der Waals surface area contributed by atoms with Crippen LogP contribution in [0.25, 0.3) is 11.1 Å². The lowest BCUT2D eigenvalue weighted by Gasteiger charge is -2.16. The van der Waals surface area contributed by atoms with E-state index in [0.29, 0.717) is 30.1 Å². The third kappa shape index (κ3) is 4.21. The molecule has 0 N–H and O–H groups in total. The zero-order valence-electron chi connectivity index (χ0n) is 15.2. The van der Waals surface area contributed by atoms with Crippen LogP contribution in [0.2, 0.25) is 0 Å². The van der Waals surface area contributed by atoms with E-state index in [2.05, 4.69) is 15.0 Å². The Hall–Kier alpha value is -2.61. The quantitative estimate of drug-likeness (QED) is 0.626. The number of aryl methyl sites for hydroxylation is 2.